The third-order valence-electron chi connectivity index (χ3n) is 7.42. The third kappa shape index (κ3) is 3.91. The molecule has 0 spiro atoms. The largest absolute Gasteiger partial charge is 0.361 e. The Hall–Kier alpha value is -3.09. The maximum absolute atomic E-state index is 13.8. The van der Waals surface area contributed by atoms with E-state index in [9.17, 15) is 8.78 Å². The van der Waals surface area contributed by atoms with Crippen LogP contribution in [0, 0.1) is 19.8 Å². The van der Waals surface area contributed by atoms with Crippen LogP contribution < -0.4 is 0 Å². The molecule has 0 atom stereocenters. The molecule has 0 amide bonds. The second-order valence-corrected chi connectivity index (χ2v) is 10.0. The van der Waals surface area contributed by atoms with Crippen molar-refractivity contribution in [2.45, 2.75) is 70.8 Å². The summed E-state index contributed by atoms with van der Waals surface area (Å²) in [5.74, 6) is -0.967. The predicted molar refractivity (Wildman–Crippen MR) is 127 cm³/mol. The van der Waals surface area contributed by atoms with E-state index in [2.05, 4.69) is 33.0 Å². The van der Waals surface area contributed by atoms with Gasteiger partial charge in [0.25, 0.3) is 0 Å². The number of alkyl halides is 2. The Morgan fingerprint density at radius 1 is 1.06 bits per heavy atom. The Morgan fingerprint density at radius 3 is 2.56 bits per heavy atom. The van der Waals surface area contributed by atoms with Gasteiger partial charge in [0.1, 0.15) is 5.76 Å². The monoisotopic (exact) mass is 462 g/mol. The van der Waals surface area contributed by atoms with Crippen LogP contribution in [0.15, 0.2) is 41.3 Å². The van der Waals surface area contributed by atoms with Crippen molar-refractivity contribution < 1.29 is 13.3 Å². The standard InChI is InChI=1S/C27H28F2N4O/c1-16-25(17(2)34-32-16)21-12-24-26(31-13-21)22(20-7-10-30-23(11-20)19-3-4-19)15-33(24)14-18-5-8-27(28,29)9-6-18/h7,10-13,15,18-19H,3-6,8-9,14H2,1-2H3. The summed E-state index contributed by atoms with van der Waals surface area (Å²) in [6, 6.07) is 6.36. The molecule has 2 fully saturated rings. The van der Waals surface area contributed by atoms with Gasteiger partial charge < -0.3 is 9.09 Å². The summed E-state index contributed by atoms with van der Waals surface area (Å²) >= 11 is 0. The molecule has 0 aromatic carbocycles. The summed E-state index contributed by atoms with van der Waals surface area (Å²) in [5, 5.41) is 4.10. The lowest BCUT2D eigenvalue weighted by Crippen LogP contribution is -2.26. The molecule has 6 rings (SSSR count). The van der Waals surface area contributed by atoms with Gasteiger partial charge in [-0.05, 0) is 69.2 Å². The topological polar surface area (TPSA) is 56.7 Å². The van der Waals surface area contributed by atoms with Crippen molar-refractivity contribution in [2.75, 3.05) is 0 Å². The van der Waals surface area contributed by atoms with Gasteiger partial charge in [-0.2, -0.15) is 0 Å². The van der Waals surface area contributed by atoms with Gasteiger partial charge >= 0.3 is 0 Å². The molecular formula is C27H28F2N4O. The molecule has 0 aliphatic heterocycles. The molecule has 2 aliphatic carbocycles. The number of halogens is 2. The first-order valence-corrected chi connectivity index (χ1v) is 12.1. The third-order valence-corrected chi connectivity index (χ3v) is 7.42. The van der Waals surface area contributed by atoms with Gasteiger partial charge in [0.05, 0.1) is 16.7 Å². The van der Waals surface area contributed by atoms with Gasteiger partial charge in [-0.1, -0.05) is 5.16 Å². The van der Waals surface area contributed by atoms with Gasteiger partial charge in [-0.25, -0.2) is 8.78 Å². The fourth-order valence-electron chi connectivity index (χ4n) is 5.34. The predicted octanol–water partition coefficient (Wildman–Crippen LogP) is 7.07. The van der Waals surface area contributed by atoms with Crippen LogP contribution in [0.5, 0.6) is 0 Å². The zero-order valence-corrected chi connectivity index (χ0v) is 19.5. The number of aryl methyl sites for hydroxylation is 2. The van der Waals surface area contributed by atoms with Crippen molar-refractivity contribution in [3.63, 3.8) is 0 Å². The molecule has 0 unspecified atom stereocenters. The molecule has 4 aromatic rings. The molecule has 4 aromatic heterocycles. The molecule has 7 heteroatoms. The first-order chi connectivity index (χ1) is 16.4. The SMILES string of the molecule is Cc1noc(C)c1-c1cnc2c(-c3ccnc(C4CC4)c3)cn(CC3CCC(F)(F)CC3)c2c1. The molecule has 2 aliphatic rings. The van der Waals surface area contributed by atoms with Crippen molar-refractivity contribution in [1.82, 2.24) is 19.7 Å². The zero-order chi connectivity index (χ0) is 23.4. The quantitative estimate of drug-likeness (QED) is 0.318. The summed E-state index contributed by atoms with van der Waals surface area (Å²) in [6.07, 6.45) is 9.34. The van der Waals surface area contributed by atoms with Crippen molar-refractivity contribution in [3.05, 3.63) is 53.9 Å². The number of fused-ring (bicyclic) bond motifs is 1. The van der Waals surface area contributed by atoms with Gasteiger partial charge in [-0.3, -0.25) is 9.97 Å². The minimum absolute atomic E-state index is 0.0264. The van der Waals surface area contributed by atoms with E-state index in [1.807, 2.05) is 32.3 Å². The lowest BCUT2D eigenvalue weighted by Gasteiger charge is -2.28. The van der Waals surface area contributed by atoms with E-state index in [1.54, 1.807) is 0 Å². The Balaban J connectivity index is 1.44. The maximum atomic E-state index is 13.8. The Kier molecular flexibility index (Phi) is 5.04. The Labute approximate surface area is 197 Å². The van der Waals surface area contributed by atoms with Crippen LogP contribution >= 0.6 is 0 Å². The van der Waals surface area contributed by atoms with Gasteiger partial charge in [0, 0.05) is 66.3 Å². The molecule has 2 saturated carbocycles. The van der Waals surface area contributed by atoms with Crippen LogP contribution in [-0.2, 0) is 6.54 Å². The normalized spacial score (nSPS) is 18.6. The highest BCUT2D eigenvalue weighted by molar-refractivity contribution is 5.95. The smallest absolute Gasteiger partial charge is 0.248 e. The first-order valence-electron chi connectivity index (χ1n) is 12.1. The lowest BCUT2D eigenvalue weighted by molar-refractivity contribution is -0.0472. The van der Waals surface area contributed by atoms with Gasteiger partial charge in [0.15, 0.2) is 0 Å². The molecule has 0 saturated heterocycles. The van der Waals surface area contributed by atoms with E-state index in [-0.39, 0.29) is 18.8 Å². The van der Waals surface area contributed by atoms with Crippen LogP contribution in [0.3, 0.4) is 0 Å². The second-order valence-electron chi connectivity index (χ2n) is 10.0. The number of aromatic nitrogens is 4. The minimum Gasteiger partial charge on any atom is -0.361 e. The molecule has 0 radical (unpaired) electrons. The zero-order valence-electron chi connectivity index (χ0n) is 19.5. The summed E-state index contributed by atoms with van der Waals surface area (Å²) in [7, 11) is 0. The lowest BCUT2D eigenvalue weighted by atomic mass is 9.87. The molecule has 0 bridgehead atoms. The van der Waals surface area contributed by atoms with Crippen LogP contribution in [0.1, 0.15) is 61.6 Å². The van der Waals surface area contributed by atoms with E-state index < -0.39 is 5.92 Å². The summed E-state index contributed by atoms with van der Waals surface area (Å²) < 4.78 is 35.1. The van der Waals surface area contributed by atoms with E-state index >= 15 is 0 Å². The van der Waals surface area contributed by atoms with Crippen LogP contribution in [0.4, 0.5) is 8.78 Å². The fraction of sp³-hybridized carbons (Fsp3) is 0.444. The van der Waals surface area contributed by atoms with Crippen molar-refractivity contribution in [3.8, 4) is 22.3 Å². The molecule has 176 valence electrons. The minimum atomic E-state index is -2.52. The van der Waals surface area contributed by atoms with E-state index in [1.165, 1.54) is 12.8 Å². The average molecular weight is 463 g/mol. The van der Waals surface area contributed by atoms with E-state index in [4.69, 9.17) is 9.51 Å². The number of nitrogens with zero attached hydrogens (tertiary/aromatic N) is 4. The van der Waals surface area contributed by atoms with Crippen LogP contribution in [0.25, 0.3) is 33.3 Å². The highest BCUT2D eigenvalue weighted by Gasteiger charge is 2.35. The van der Waals surface area contributed by atoms with Crippen LogP contribution in [0.2, 0.25) is 0 Å². The fourth-order valence-corrected chi connectivity index (χ4v) is 5.34. The first kappa shape index (κ1) is 21.4. The number of rotatable bonds is 5. The molecule has 4 heterocycles. The molecule has 34 heavy (non-hydrogen) atoms. The average Bonchev–Trinajstić information content (AvgIpc) is 3.55. The number of hydrogen-bond donors (Lipinski definition) is 0. The van der Waals surface area contributed by atoms with E-state index in [0.717, 1.165) is 50.4 Å². The molecular weight excluding hydrogens is 434 g/mol. The highest BCUT2D eigenvalue weighted by atomic mass is 19.3. The molecule has 5 nitrogen and oxygen atoms in total. The van der Waals surface area contributed by atoms with Crippen LogP contribution in [-0.4, -0.2) is 25.6 Å². The summed E-state index contributed by atoms with van der Waals surface area (Å²) in [6.45, 7) is 4.54. The molecule has 0 N–H and O–H groups in total. The van der Waals surface area contributed by atoms with Gasteiger partial charge in [0.2, 0.25) is 5.92 Å². The van der Waals surface area contributed by atoms with Gasteiger partial charge in [-0.15, -0.1) is 0 Å². The Morgan fingerprint density at radius 2 is 1.85 bits per heavy atom. The van der Waals surface area contributed by atoms with Crippen molar-refractivity contribution >= 4 is 11.0 Å². The number of pyridine rings is 2. The summed E-state index contributed by atoms with van der Waals surface area (Å²) in [5.41, 5.74) is 7.98. The summed E-state index contributed by atoms with van der Waals surface area (Å²) in [4.78, 5) is 9.46. The van der Waals surface area contributed by atoms with Crippen molar-refractivity contribution in [1.29, 1.82) is 0 Å². The van der Waals surface area contributed by atoms with E-state index in [0.29, 0.717) is 25.3 Å². The Bertz CT molecular complexity index is 1340. The maximum Gasteiger partial charge on any atom is 0.248 e. The van der Waals surface area contributed by atoms with Crippen molar-refractivity contribution in [2.24, 2.45) is 5.92 Å². The number of hydrogen-bond acceptors (Lipinski definition) is 4. The second kappa shape index (κ2) is 8.00. The highest BCUT2D eigenvalue weighted by Crippen LogP contribution is 2.42.